The Morgan fingerprint density at radius 3 is 2.64 bits per heavy atom. The summed E-state index contributed by atoms with van der Waals surface area (Å²) >= 11 is 6.13. The van der Waals surface area contributed by atoms with Crippen LogP contribution in [-0.2, 0) is 4.79 Å². The van der Waals surface area contributed by atoms with E-state index < -0.39 is 0 Å². The van der Waals surface area contributed by atoms with Crippen LogP contribution < -0.4 is 15.4 Å². The number of piperidine rings is 1. The minimum absolute atomic E-state index is 0.128. The van der Waals surface area contributed by atoms with Crippen molar-refractivity contribution >= 4 is 34.9 Å². The van der Waals surface area contributed by atoms with Crippen LogP contribution in [-0.4, -0.2) is 37.0 Å². The van der Waals surface area contributed by atoms with Gasteiger partial charge in [-0.1, -0.05) is 29.8 Å². The fourth-order valence-corrected chi connectivity index (χ4v) is 3.42. The number of nitrogens with zero attached hydrogens (tertiary/aromatic N) is 1. The number of likely N-dealkylation sites (tertiary alicyclic amines) is 1. The molecule has 0 aromatic heterocycles. The van der Waals surface area contributed by atoms with E-state index in [1.807, 2.05) is 37.3 Å². The summed E-state index contributed by atoms with van der Waals surface area (Å²) in [6, 6.07) is 12.6. The molecule has 0 spiro atoms. The molecule has 0 aliphatic carbocycles. The largest absolute Gasteiger partial charge is 0.495 e. The summed E-state index contributed by atoms with van der Waals surface area (Å²) < 4.78 is 5.32. The zero-order chi connectivity index (χ0) is 20.1. The smallest absolute Gasteiger partial charge is 0.321 e. The summed E-state index contributed by atoms with van der Waals surface area (Å²) in [5.74, 6) is 0.103. The highest BCUT2D eigenvalue weighted by Gasteiger charge is 2.29. The van der Waals surface area contributed by atoms with Gasteiger partial charge in [0, 0.05) is 29.9 Å². The van der Waals surface area contributed by atoms with Gasteiger partial charge >= 0.3 is 6.03 Å². The maximum Gasteiger partial charge on any atom is 0.321 e. The summed E-state index contributed by atoms with van der Waals surface area (Å²) in [6.45, 7) is 2.87. The predicted octanol–water partition coefficient (Wildman–Crippen LogP) is 4.54. The molecule has 1 heterocycles. The van der Waals surface area contributed by atoms with E-state index in [0.29, 0.717) is 29.5 Å². The highest BCUT2D eigenvalue weighted by molar-refractivity contribution is 6.31. The Kier molecular flexibility index (Phi) is 6.41. The van der Waals surface area contributed by atoms with Crippen molar-refractivity contribution in [3.63, 3.8) is 0 Å². The van der Waals surface area contributed by atoms with E-state index in [2.05, 4.69) is 10.6 Å². The number of benzene rings is 2. The molecule has 7 heteroatoms. The van der Waals surface area contributed by atoms with Crippen molar-refractivity contribution in [2.75, 3.05) is 30.8 Å². The number of halogens is 1. The Morgan fingerprint density at radius 2 is 1.93 bits per heavy atom. The molecule has 0 radical (unpaired) electrons. The van der Waals surface area contributed by atoms with Crippen LogP contribution >= 0.6 is 11.6 Å². The number of urea groups is 1. The highest BCUT2D eigenvalue weighted by atomic mass is 35.5. The molecule has 0 saturated carbocycles. The number of amides is 3. The molecule has 1 aliphatic rings. The molecule has 2 N–H and O–H groups in total. The molecule has 1 atom stereocenters. The second kappa shape index (κ2) is 8.97. The van der Waals surface area contributed by atoms with Gasteiger partial charge in [-0.15, -0.1) is 0 Å². The quantitative estimate of drug-likeness (QED) is 0.790. The lowest BCUT2D eigenvalue weighted by molar-refractivity contribution is -0.121. The minimum Gasteiger partial charge on any atom is -0.495 e. The van der Waals surface area contributed by atoms with Gasteiger partial charge in [0.1, 0.15) is 5.75 Å². The number of methoxy groups -OCH3 is 1. The number of carbonyl (C=O) groups is 2. The Morgan fingerprint density at radius 1 is 1.18 bits per heavy atom. The zero-order valence-electron chi connectivity index (χ0n) is 16.0. The van der Waals surface area contributed by atoms with Gasteiger partial charge in [0.2, 0.25) is 5.91 Å². The van der Waals surface area contributed by atoms with Crippen LogP contribution in [0.15, 0.2) is 42.5 Å². The number of carbonyl (C=O) groups excluding carboxylic acids is 2. The molecule has 6 nitrogen and oxygen atoms in total. The minimum atomic E-state index is -0.282. The number of nitrogens with one attached hydrogen (secondary N) is 2. The maximum atomic E-state index is 12.8. The van der Waals surface area contributed by atoms with Gasteiger partial charge in [-0.05, 0) is 43.5 Å². The van der Waals surface area contributed by atoms with Crippen LogP contribution in [0.3, 0.4) is 0 Å². The first kappa shape index (κ1) is 20.0. The molecule has 1 unspecified atom stereocenters. The first-order valence-corrected chi connectivity index (χ1v) is 9.61. The van der Waals surface area contributed by atoms with E-state index in [1.165, 1.54) is 7.11 Å². The predicted molar refractivity (Wildman–Crippen MR) is 111 cm³/mol. The van der Waals surface area contributed by atoms with Crippen molar-refractivity contribution in [2.24, 2.45) is 5.92 Å². The Labute approximate surface area is 169 Å². The van der Waals surface area contributed by atoms with Crippen molar-refractivity contribution in [1.29, 1.82) is 0 Å². The first-order valence-electron chi connectivity index (χ1n) is 9.24. The summed E-state index contributed by atoms with van der Waals surface area (Å²) in [6.07, 6.45) is 1.51. The summed E-state index contributed by atoms with van der Waals surface area (Å²) in [7, 11) is 1.53. The summed E-state index contributed by atoms with van der Waals surface area (Å²) in [5, 5.41) is 6.38. The van der Waals surface area contributed by atoms with Crippen LogP contribution in [0.5, 0.6) is 5.75 Å². The van der Waals surface area contributed by atoms with E-state index in [9.17, 15) is 9.59 Å². The standard InChI is InChI=1S/C21H24ClN3O3/c1-14-11-18(19(28-2)12-17(14)22)24-20(26)15-7-6-10-25(13-15)21(27)23-16-8-4-3-5-9-16/h3-5,8-9,11-12,15H,6-7,10,13H2,1-2H3,(H,23,27)(H,24,26). The second-order valence-electron chi connectivity index (χ2n) is 6.87. The van der Waals surface area contributed by atoms with E-state index >= 15 is 0 Å². The Balaban J connectivity index is 1.65. The van der Waals surface area contributed by atoms with E-state index in [4.69, 9.17) is 16.3 Å². The van der Waals surface area contributed by atoms with Crippen molar-refractivity contribution in [1.82, 2.24) is 4.90 Å². The van der Waals surface area contributed by atoms with Crippen molar-refractivity contribution in [2.45, 2.75) is 19.8 Å². The molecular formula is C21H24ClN3O3. The third kappa shape index (κ3) is 4.75. The number of aryl methyl sites for hydroxylation is 1. The topological polar surface area (TPSA) is 70.7 Å². The summed E-state index contributed by atoms with van der Waals surface area (Å²) in [4.78, 5) is 27.0. The van der Waals surface area contributed by atoms with E-state index in [-0.39, 0.29) is 17.9 Å². The zero-order valence-corrected chi connectivity index (χ0v) is 16.8. The average Bonchev–Trinajstić information content (AvgIpc) is 2.71. The van der Waals surface area contributed by atoms with E-state index in [0.717, 1.165) is 24.1 Å². The summed E-state index contributed by atoms with van der Waals surface area (Å²) in [5.41, 5.74) is 2.17. The Bertz CT molecular complexity index is 857. The van der Waals surface area contributed by atoms with Crippen LogP contribution in [0, 0.1) is 12.8 Å². The fraction of sp³-hybridized carbons (Fsp3) is 0.333. The van der Waals surface area contributed by atoms with Gasteiger partial charge in [0.15, 0.2) is 0 Å². The number of ether oxygens (including phenoxy) is 1. The lowest BCUT2D eigenvalue weighted by atomic mass is 9.97. The van der Waals surface area contributed by atoms with Gasteiger partial charge in [-0.2, -0.15) is 0 Å². The van der Waals surface area contributed by atoms with Gasteiger partial charge in [-0.25, -0.2) is 4.79 Å². The van der Waals surface area contributed by atoms with E-state index in [1.54, 1.807) is 17.0 Å². The van der Waals surface area contributed by atoms with Crippen LogP contribution in [0.25, 0.3) is 0 Å². The molecular weight excluding hydrogens is 378 g/mol. The molecule has 1 aliphatic heterocycles. The van der Waals surface area contributed by atoms with Crippen molar-refractivity contribution < 1.29 is 14.3 Å². The first-order chi connectivity index (χ1) is 13.5. The molecule has 148 valence electrons. The van der Waals surface area contributed by atoms with Crippen LogP contribution in [0.2, 0.25) is 5.02 Å². The third-order valence-electron chi connectivity index (χ3n) is 4.84. The molecule has 3 amide bonds. The normalized spacial score (nSPS) is 16.4. The SMILES string of the molecule is COc1cc(Cl)c(C)cc1NC(=O)C1CCCN(C(=O)Nc2ccccc2)C1. The number of anilines is 2. The molecule has 2 aromatic rings. The molecule has 1 fully saturated rings. The average molecular weight is 402 g/mol. The second-order valence-corrected chi connectivity index (χ2v) is 7.28. The van der Waals surface area contributed by atoms with Gasteiger partial charge < -0.3 is 20.3 Å². The lowest BCUT2D eigenvalue weighted by Gasteiger charge is -2.32. The van der Waals surface area contributed by atoms with Crippen LogP contribution in [0.4, 0.5) is 16.2 Å². The van der Waals surface area contributed by atoms with Gasteiger partial charge in [0.05, 0.1) is 18.7 Å². The molecule has 2 aromatic carbocycles. The maximum absolute atomic E-state index is 12.8. The van der Waals surface area contributed by atoms with Gasteiger partial charge in [0.25, 0.3) is 0 Å². The number of para-hydroxylation sites is 1. The fourth-order valence-electron chi connectivity index (χ4n) is 3.26. The molecule has 3 rings (SSSR count). The number of hydrogen-bond acceptors (Lipinski definition) is 3. The Hall–Kier alpha value is -2.73. The number of hydrogen-bond donors (Lipinski definition) is 2. The molecule has 0 bridgehead atoms. The van der Waals surface area contributed by atoms with Crippen molar-refractivity contribution in [3.05, 3.63) is 53.1 Å². The monoisotopic (exact) mass is 401 g/mol. The van der Waals surface area contributed by atoms with Crippen LogP contribution in [0.1, 0.15) is 18.4 Å². The van der Waals surface area contributed by atoms with Crippen molar-refractivity contribution in [3.8, 4) is 5.75 Å². The third-order valence-corrected chi connectivity index (χ3v) is 5.25. The lowest BCUT2D eigenvalue weighted by Crippen LogP contribution is -2.45. The number of rotatable bonds is 4. The highest BCUT2D eigenvalue weighted by Crippen LogP contribution is 2.31. The van der Waals surface area contributed by atoms with Gasteiger partial charge in [-0.3, -0.25) is 4.79 Å². The molecule has 1 saturated heterocycles. The molecule has 28 heavy (non-hydrogen) atoms.